The molecule has 7 nitrogen and oxygen atoms in total. The van der Waals surface area contributed by atoms with Gasteiger partial charge in [0.1, 0.15) is 18.0 Å². The maximum Gasteiger partial charge on any atom is 0.412 e. The predicted molar refractivity (Wildman–Crippen MR) is 104 cm³/mol. The van der Waals surface area contributed by atoms with E-state index in [0.29, 0.717) is 6.54 Å². The Kier molecular flexibility index (Phi) is 4.57. The first-order chi connectivity index (χ1) is 13.6. The Morgan fingerprint density at radius 2 is 1.71 bits per heavy atom. The van der Waals surface area contributed by atoms with Crippen LogP contribution in [0.5, 0.6) is 0 Å². The molecule has 2 N–H and O–H groups in total. The van der Waals surface area contributed by atoms with E-state index in [0.717, 1.165) is 22.3 Å². The van der Waals surface area contributed by atoms with Crippen molar-refractivity contribution in [3.8, 4) is 11.1 Å². The number of aromatic carboxylic acids is 1. The SMILES string of the molecule is CCn1ncc(C(=O)O)c1NC(=O)OCC1c2ccccc2-c2ccccc21. The largest absolute Gasteiger partial charge is 0.477 e. The third kappa shape index (κ3) is 3.00. The standard InChI is InChI=1S/C21H19N3O4/c1-2-24-19(17(11-22-24)20(25)26)23-21(27)28-12-18-15-9-5-3-7-13(15)14-8-4-6-10-16(14)18/h3-11,18H,2,12H2,1H3,(H,23,27)(H,25,26). The average molecular weight is 377 g/mol. The molecule has 0 saturated heterocycles. The number of hydrogen-bond donors (Lipinski definition) is 2. The topological polar surface area (TPSA) is 93.5 Å². The second-order valence-corrected chi connectivity index (χ2v) is 6.48. The number of carboxylic acid groups (broad SMARTS) is 1. The van der Waals surface area contributed by atoms with E-state index in [4.69, 9.17) is 4.74 Å². The first-order valence-corrected chi connectivity index (χ1v) is 9.01. The van der Waals surface area contributed by atoms with Gasteiger partial charge in [-0.1, -0.05) is 48.5 Å². The van der Waals surface area contributed by atoms with Crippen LogP contribution < -0.4 is 5.32 Å². The summed E-state index contributed by atoms with van der Waals surface area (Å²) < 4.78 is 6.87. The van der Waals surface area contributed by atoms with Crippen molar-refractivity contribution in [3.05, 3.63) is 71.4 Å². The van der Waals surface area contributed by atoms with Crippen molar-refractivity contribution in [1.82, 2.24) is 9.78 Å². The lowest BCUT2D eigenvalue weighted by molar-refractivity contribution is 0.0698. The van der Waals surface area contributed by atoms with Crippen molar-refractivity contribution < 1.29 is 19.4 Å². The van der Waals surface area contributed by atoms with E-state index < -0.39 is 12.1 Å². The number of nitrogens with one attached hydrogen (secondary N) is 1. The number of aryl methyl sites for hydroxylation is 1. The summed E-state index contributed by atoms with van der Waals surface area (Å²) >= 11 is 0. The van der Waals surface area contributed by atoms with Gasteiger partial charge in [0.2, 0.25) is 0 Å². The number of nitrogens with zero attached hydrogens (tertiary/aromatic N) is 2. The highest BCUT2D eigenvalue weighted by molar-refractivity contribution is 5.97. The zero-order valence-electron chi connectivity index (χ0n) is 15.3. The van der Waals surface area contributed by atoms with Gasteiger partial charge < -0.3 is 9.84 Å². The predicted octanol–water partition coefficient (Wildman–Crippen LogP) is 3.96. The van der Waals surface area contributed by atoms with Crippen molar-refractivity contribution in [2.75, 3.05) is 11.9 Å². The molecule has 142 valence electrons. The zero-order valence-corrected chi connectivity index (χ0v) is 15.3. The Morgan fingerprint density at radius 3 is 2.29 bits per heavy atom. The zero-order chi connectivity index (χ0) is 19.7. The molecule has 4 rings (SSSR count). The van der Waals surface area contributed by atoms with Crippen LogP contribution in [-0.4, -0.2) is 33.6 Å². The summed E-state index contributed by atoms with van der Waals surface area (Å²) in [4.78, 5) is 23.7. The molecule has 0 saturated carbocycles. The monoisotopic (exact) mass is 377 g/mol. The number of amides is 1. The smallest absolute Gasteiger partial charge is 0.412 e. The molecule has 1 amide bonds. The molecule has 0 unspecified atom stereocenters. The fourth-order valence-corrected chi connectivity index (χ4v) is 3.64. The summed E-state index contributed by atoms with van der Waals surface area (Å²) in [5, 5.41) is 15.8. The number of carbonyl (C=O) groups is 2. The summed E-state index contributed by atoms with van der Waals surface area (Å²) in [5.74, 6) is -1.10. The normalized spacial score (nSPS) is 12.3. The first kappa shape index (κ1) is 17.8. The summed E-state index contributed by atoms with van der Waals surface area (Å²) in [6, 6.07) is 16.1. The van der Waals surface area contributed by atoms with Crippen LogP contribution in [0.1, 0.15) is 34.3 Å². The minimum Gasteiger partial charge on any atom is -0.477 e. The minimum atomic E-state index is -1.16. The van der Waals surface area contributed by atoms with Crippen LogP contribution in [0.15, 0.2) is 54.7 Å². The van der Waals surface area contributed by atoms with E-state index >= 15 is 0 Å². The number of ether oxygens (including phenoxy) is 1. The van der Waals surface area contributed by atoms with Crippen LogP contribution >= 0.6 is 0 Å². The van der Waals surface area contributed by atoms with E-state index in [-0.39, 0.29) is 23.9 Å². The molecule has 0 spiro atoms. The van der Waals surface area contributed by atoms with Gasteiger partial charge in [-0.25, -0.2) is 14.3 Å². The number of aromatic nitrogens is 2. The van der Waals surface area contributed by atoms with E-state index in [1.807, 2.05) is 43.3 Å². The molecule has 0 aliphatic heterocycles. The molecular weight excluding hydrogens is 358 g/mol. The first-order valence-electron chi connectivity index (χ1n) is 9.01. The maximum atomic E-state index is 12.4. The Bertz CT molecular complexity index is 1010. The van der Waals surface area contributed by atoms with Crippen molar-refractivity contribution in [1.29, 1.82) is 0 Å². The van der Waals surface area contributed by atoms with Crippen molar-refractivity contribution in [2.24, 2.45) is 0 Å². The quantitative estimate of drug-likeness (QED) is 0.702. The van der Waals surface area contributed by atoms with Crippen molar-refractivity contribution in [2.45, 2.75) is 19.4 Å². The number of anilines is 1. The Morgan fingerprint density at radius 1 is 1.11 bits per heavy atom. The Balaban J connectivity index is 1.52. The molecule has 0 bridgehead atoms. The third-order valence-electron chi connectivity index (χ3n) is 4.93. The number of hydrogen-bond acceptors (Lipinski definition) is 4. The summed E-state index contributed by atoms with van der Waals surface area (Å²) in [6.45, 7) is 2.39. The molecule has 1 aromatic heterocycles. The summed E-state index contributed by atoms with van der Waals surface area (Å²) in [7, 11) is 0. The molecule has 0 fully saturated rings. The second-order valence-electron chi connectivity index (χ2n) is 6.48. The average Bonchev–Trinajstić information content (AvgIpc) is 3.25. The molecule has 0 atom stereocenters. The van der Waals surface area contributed by atoms with Crippen LogP contribution in [0.3, 0.4) is 0 Å². The van der Waals surface area contributed by atoms with E-state index in [9.17, 15) is 14.7 Å². The second kappa shape index (κ2) is 7.19. The van der Waals surface area contributed by atoms with E-state index in [1.165, 1.54) is 10.9 Å². The van der Waals surface area contributed by atoms with Gasteiger partial charge in [0.25, 0.3) is 0 Å². The fraction of sp³-hybridized carbons (Fsp3) is 0.190. The summed E-state index contributed by atoms with van der Waals surface area (Å²) in [6.07, 6.45) is 0.504. The summed E-state index contributed by atoms with van der Waals surface area (Å²) in [5.41, 5.74) is 4.44. The highest BCUT2D eigenvalue weighted by Crippen LogP contribution is 2.44. The van der Waals surface area contributed by atoms with Gasteiger partial charge in [0.05, 0.1) is 6.20 Å². The number of carboxylic acids is 1. The molecule has 0 radical (unpaired) electrons. The van der Waals surface area contributed by atoms with Crippen LogP contribution in [0.2, 0.25) is 0 Å². The minimum absolute atomic E-state index is 0.0619. The third-order valence-corrected chi connectivity index (χ3v) is 4.93. The van der Waals surface area contributed by atoms with Gasteiger partial charge in [-0.3, -0.25) is 5.32 Å². The maximum absolute atomic E-state index is 12.4. The lowest BCUT2D eigenvalue weighted by Crippen LogP contribution is -2.21. The molecule has 1 aliphatic rings. The van der Waals surface area contributed by atoms with Gasteiger partial charge in [-0.2, -0.15) is 5.10 Å². The molecule has 1 aliphatic carbocycles. The number of benzene rings is 2. The fourth-order valence-electron chi connectivity index (χ4n) is 3.64. The van der Waals surface area contributed by atoms with Crippen LogP contribution in [-0.2, 0) is 11.3 Å². The van der Waals surface area contributed by atoms with Gasteiger partial charge in [0.15, 0.2) is 0 Å². The number of rotatable bonds is 5. The van der Waals surface area contributed by atoms with Gasteiger partial charge in [-0.15, -0.1) is 0 Å². The van der Waals surface area contributed by atoms with E-state index in [1.54, 1.807) is 0 Å². The van der Waals surface area contributed by atoms with Gasteiger partial charge in [-0.05, 0) is 29.2 Å². The highest BCUT2D eigenvalue weighted by atomic mass is 16.5. The van der Waals surface area contributed by atoms with Crippen LogP contribution in [0, 0.1) is 0 Å². The molecule has 7 heteroatoms. The number of carbonyl (C=O) groups excluding carboxylic acids is 1. The molecule has 1 heterocycles. The Labute approximate surface area is 161 Å². The lowest BCUT2D eigenvalue weighted by Gasteiger charge is -2.15. The molecule has 28 heavy (non-hydrogen) atoms. The molecule has 2 aromatic carbocycles. The molecular formula is C21H19N3O4. The highest BCUT2D eigenvalue weighted by Gasteiger charge is 2.29. The van der Waals surface area contributed by atoms with Crippen LogP contribution in [0.4, 0.5) is 10.6 Å². The van der Waals surface area contributed by atoms with E-state index in [2.05, 4.69) is 22.5 Å². The van der Waals surface area contributed by atoms with Crippen molar-refractivity contribution >= 4 is 17.9 Å². The van der Waals surface area contributed by atoms with Crippen molar-refractivity contribution in [3.63, 3.8) is 0 Å². The lowest BCUT2D eigenvalue weighted by atomic mass is 9.98. The van der Waals surface area contributed by atoms with Gasteiger partial charge in [0, 0.05) is 12.5 Å². The number of fused-ring (bicyclic) bond motifs is 3. The van der Waals surface area contributed by atoms with Crippen LogP contribution in [0.25, 0.3) is 11.1 Å². The Hall–Kier alpha value is -3.61. The molecule has 3 aromatic rings. The van der Waals surface area contributed by atoms with Gasteiger partial charge >= 0.3 is 12.1 Å².